The highest BCUT2D eigenvalue weighted by molar-refractivity contribution is 6.07. The van der Waals surface area contributed by atoms with Crippen molar-refractivity contribution in [2.45, 2.75) is 31.8 Å². The number of benzene rings is 3. The van der Waals surface area contributed by atoms with Crippen LogP contribution in [0, 0.1) is 6.57 Å². The third-order valence-corrected chi connectivity index (χ3v) is 6.85. The first-order chi connectivity index (χ1) is 17.2. The van der Waals surface area contributed by atoms with E-state index in [-0.39, 0.29) is 11.9 Å². The Morgan fingerprint density at radius 2 is 2.09 bits per heavy atom. The van der Waals surface area contributed by atoms with Crippen molar-refractivity contribution in [1.82, 2.24) is 14.9 Å². The number of hydrogen-bond donors (Lipinski definition) is 1. The molecule has 6 rings (SSSR count). The van der Waals surface area contributed by atoms with Crippen molar-refractivity contribution in [3.05, 3.63) is 89.8 Å². The number of rotatable bonds is 0. The molecule has 0 radical (unpaired) electrons. The van der Waals surface area contributed by atoms with Crippen molar-refractivity contribution >= 4 is 28.1 Å². The van der Waals surface area contributed by atoms with Crippen molar-refractivity contribution in [3.8, 4) is 11.5 Å². The van der Waals surface area contributed by atoms with Crippen LogP contribution in [0.4, 0.5) is 11.4 Å². The molecule has 0 aliphatic carbocycles. The Morgan fingerprint density at radius 3 is 3.00 bits per heavy atom. The summed E-state index contributed by atoms with van der Waals surface area (Å²) in [4.78, 5) is 23.2. The Balaban J connectivity index is 1.45. The van der Waals surface area contributed by atoms with Crippen LogP contribution in [-0.2, 0) is 17.8 Å². The summed E-state index contributed by atoms with van der Waals surface area (Å²) in [5.41, 5.74) is 3.54. The van der Waals surface area contributed by atoms with Crippen LogP contribution in [0.2, 0.25) is 0 Å². The van der Waals surface area contributed by atoms with Crippen LogP contribution in [0.15, 0.2) is 67.1 Å². The van der Waals surface area contributed by atoms with Gasteiger partial charge >= 0.3 is 0 Å². The van der Waals surface area contributed by atoms with E-state index in [1.165, 1.54) is 0 Å². The van der Waals surface area contributed by atoms with Crippen molar-refractivity contribution in [2.24, 2.45) is 0 Å². The Bertz CT molecular complexity index is 1470. The van der Waals surface area contributed by atoms with E-state index in [4.69, 9.17) is 11.3 Å². The van der Waals surface area contributed by atoms with Gasteiger partial charge in [-0.1, -0.05) is 30.3 Å². The second kappa shape index (κ2) is 8.90. The molecule has 3 heterocycles. The zero-order chi connectivity index (χ0) is 23.8. The van der Waals surface area contributed by atoms with Gasteiger partial charge in [0.05, 0.1) is 24.6 Å². The zero-order valence-electron chi connectivity index (χ0n) is 19.3. The second-order valence-electron chi connectivity index (χ2n) is 9.08. The fourth-order valence-electron chi connectivity index (χ4n) is 5.04. The monoisotopic (exact) mass is 463 g/mol. The number of aryl methyl sites for hydroxylation is 1. The Morgan fingerprint density at radius 1 is 1.14 bits per heavy atom. The van der Waals surface area contributed by atoms with Crippen molar-refractivity contribution in [1.29, 1.82) is 0 Å². The Kier molecular flexibility index (Phi) is 5.44. The molecule has 1 aromatic heterocycles. The number of nitrogens with one attached hydrogen (secondary N) is 1. The van der Waals surface area contributed by atoms with Gasteiger partial charge in [0, 0.05) is 30.4 Å². The van der Waals surface area contributed by atoms with Crippen LogP contribution in [0.1, 0.15) is 24.1 Å². The normalized spacial score (nSPS) is 18.0. The molecule has 7 nitrogen and oxygen atoms in total. The minimum atomic E-state index is -0.172. The van der Waals surface area contributed by atoms with E-state index in [1.54, 1.807) is 0 Å². The highest BCUT2D eigenvalue weighted by atomic mass is 16.5. The molecule has 1 saturated heterocycles. The number of imidazole rings is 1. The van der Waals surface area contributed by atoms with Gasteiger partial charge in [-0.2, -0.15) is 0 Å². The predicted molar refractivity (Wildman–Crippen MR) is 135 cm³/mol. The fraction of sp³-hybridized carbons (Fsp3) is 0.250. The predicted octanol–water partition coefficient (Wildman–Crippen LogP) is 5.07. The topological polar surface area (TPSA) is 63.8 Å². The molecule has 1 amide bonds. The van der Waals surface area contributed by atoms with E-state index in [2.05, 4.69) is 19.7 Å². The molecule has 0 saturated carbocycles. The van der Waals surface area contributed by atoms with Gasteiger partial charge < -0.3 is 19.5 Å². The maximum Gasteiger partial charge on any atom is 0.244 e. The smallest absolute Gasteiger partial charge is 0.244 e. The molecule has 7 heteroatoms. The number of carbonyl (C=O) groups excluding carboxylic acids is 1. The molecular formula is C28H25N5O2. The lowest BCUT2D eigenvalue weighted by Crippen LogP contribution is -2.39. The first-order valence-electron chi connectivity index (χ1n) is 11.9. The highest BCUT2D eigenvalue weighted by Crippen LogP contribution is 2.37. The number of ether oxygens (including phenoxy) is 1. The van der Waals surface area contributed by atoms with E-state index < -0.39 is 0 Å². The average molecular weight is 464 g/mol. The standard InChI is InChI=1S/C28H25N5O2/c1-29-24-10-7-19-14-27(24)35-22-9-8-20-4-2-6-26(23(20)15-22)33-13-11-25(28(33)34)31-12-3-5-21-16-30-18-32(21)17-19/h2,4,6-10,14-16,18,25,31H,3,5,11-13,17H2/t25-/m1/s1. The average Bonchev–Trinajstić information content (AvgIpc) is 3.47. The maximum absolute atomic E-state index is 13.3. The maximum atomic E-state index is 13.3. The Labute approximate surface area is 203 Å². The summed E-state index contributed by atoms with van der Waals surface area (Å²) in [7, 11) is 0. The number of fused-ring (bicyclic) bond motifs is 7. The summed E-state index contributed by atoms with van der Waals surface area (Å²) in [5, 5.41) is 5.47. The van der Waals surface area contributed by atoms with Crippen molar-refractivity contribution in [3.63, 3.8) is 0 Å². The van der Waals surface area contributed by atoms with Gasteiger partial charge in [0.1, 0.15) is 11.5 Å². The van der Waals surface area contributed by atoms with Gasteiger partial charge in [-0.3, -0.25) is 4.79 Å². The van der Waals surface area contributed by atoms with E-state index in [0.29, 0.717) is 30.3 Å². The number of carbonyl (C=O) groups is 1. The van der Waals surface area contributed by atoms with Gasteiger partial charge in [-0.05, 0) is 61.0 Å². The molecular weight excluding hydrogens is 438 g/mol. The van der Waals surface area contributed by atoms with Crippen molar-refractivity contribution < 1.29 is 9.53 Å². The van der Waals surface area contributed by atoms with E-state index in [0.717, 1.165) is 53.5 Å². The minimum absolute atomic E-state index is 0.109. The molecule has 0 spiro atoms. The molecule has 6 bridgehead atoms. The largest absolute Gasteiger partial charge is 0.468 e. The molecule has 1 N–H and O–H groups in total. The van der Waals surface area contributed by atoms with Crippen molar-refractivity contribution in [2.75, 3.05) is 18.0 Å². The molecule has 174 valence electrons. The Hall–Kier alpha value is -4.15. The molecule has 4 aromatic rings. The fourth-order valence-corrected chi connectivity index (χ4v) is 5.04. The first kappa shape index (κ1) is 21.4. The second-order valence-corrected chi connectivity index (χ2v) is 9.08. The molecule has 0 unspecified atom stereocenters. The van der Waals surface area contributed by atoms with E-state index in [1.807, 2.05) is 72.0 Å². The number of anilines is 1. The summed E-state index contributed by atoms with van der Waals surface area (Å²) >= 11 is 0. The summed E-state index contributed by atoms with van der Waals surface area (Å²) in [5.74, 6) is 1.27. The van der Waals surface area contributed by atoms with Crippen LogP contribution in [0.3, 0.4) is 0 Å². The molecule has 2 aliphatic heterocycles. The SMILES string of the molecule is [C-]#[N+]c1ccc2cc1Oc1ccc3cccc(c3c1)N1CC[C@@H](NCCCc3cncn3C2)C1=O. The van der Waals surface area contributed by atoms with Gasteiger partial charge in [0.2, 0.25) is 11.6 Å². The minimum Gasteiger partial charge on any atom is -0.468 e. The van der Waals surface area contributed by atoms with Crippen LogP contribution in [0.5, 0.6) is 11.5 Å². The molecule has 3 aromatic carbocycles. The first-order valence-corrected chi connectivity index (χ1v) is 11.9. The van der Waals surface area contributed by atoms with Gasteiger partial charge in [0.25, 0.3) is 0 Å². The lowest BCUT2D eigenvalue weighted by atomic mass is 10.1. The summed E-state index contributed by atoms with van der Waals surface area (Å²) in [6.07, 6.45) is 6.30. The quantitative estimate of drug-likeness (QED) is 0.370. The van der Waals surface area contributed by atoms with Crippen LogP contribution in [0.25, 0.3) is 15.6 Å². The van der Waals surface area contributed by atoms with Crippen LogP contribution < -0.4 is 15.0 Å². The van der Waals surface area contributed by atoms with Crippen LogP contribution >= 0.6 is 0 Å². The van der Waals surface area contributed by atoms with E-state index >= 15 is 0 Å². The summed E-state index contributed by atoms with van der Waals surface area (Å²) < 4.78 is 8.40. The third-order valence-electron chi connectivity index (χ3n) is 6.85. The molecule has 1 fully saturated rings. The lowest BCUT2D eigenvalue weighted by molar-refractivity contribution is -0.118. The molecule has 2 aliphatic rings. The molecule has 1 atom stereocenters. The highest BCUT2D eigenvalue weighted by Gasteiger charge is 2.32. The molecule has 35 heavy (non-hydrogen) atoms. The summed E-state index contributed by atoms with van der Waals surface area (Å²) in [6.45, 7) is 9.71. The third kappa shape index (κ3) is 4.02. The summed E-state index contributed by atoms with van der Waals surface area (Å²) in [6, 6.07) is 17.5. The van der Waals surface area contributed by atoms with Gasteiger partial charge in [0.15, 0.2) is 0 Å². The number of amides is 1. The zero-order valence-corrected chi connectivity index (χ0v) is 19.3. The number of hydrogen-bond acceptors (Lipinski definition) is 4. The van der Waals surface area contributed by atoms with Crippen LogP contribution in [-0.4, -0.2) is 34.6 Å². The number of nitrogens with zero attached hydrogens (tertiary/aromatic N) is 4. The number of aromatic nitrogens is 2. The van der Waals surface area contributed by atoms with Gasteiger partial charge in [-0.15, -0.1) is 0 Å². The van der Waals surface area contributed by atoms with E-state index in [9.17, 15) is 4.79 Å². The van der Waals surface area contributed by atoms with Gasteiger partial charge in [-0.25, -0.2) is 9.83 Å². The lowest BCUT2D eigenvalue weighted by Gasteiger charge is -2.20.